The summed E-state index contributed by atoms with van der Waals surface area (Å²) in [5.41, 5.74) is 3.13. The fourth-order valence-corrected chi connectivity index (χ4v) is 6.45. The van der Waals surface area contributed by atoms with E-state index in [1.807, 2.05) is 72.2 Å². The van der Waals surface area contributed by atoms with Crippen LogP contribution in [0.2, 0.25) is 0 Å². The molecule has 45 heavy (non-hydrogen) atoms. The molecule has 0 radical (unpaired) electrons. The van der Waals surface area contributed by atoms with Crippen molar-refractivity contribution in [1.29, 1.82) is 0 Å². The van der Waals surface area contributed by atoms with Crippen molar-refractivity contribution >= 4 is 11.8 Å². The number of amides is 2. The van der Waals surface area contributed by atoms with Crippen LogP contribution in [0.1, 0.15) is 69.2 Å². The number of hydrogen-bond donors (Lipinski definition) is 0. The summed E-state index contributed by atoms with van der Waals surface area (Å²) in [7, 11) is 0. The largest absolute Gasteiger partial charge is 0.492 e. The normalized spacial score (nSPS) is 18.0. The van der Waals surface area contributed by atoms with Crippen molar-refractivity contribution in [3.8, 4) is 5.75 Å². The molecule has 6 rings (SSSR count). The van der Waals surface area contributed by atoms with E-state index in [4.69, 9.17) is 13.8 Å². The van der Waals surface area contributed by atoms with Crippen molar-refractivity contribution in [3.63, 3.8) is 0 Å². The number of ether oxygens (including phenoxy) is 1. The van der Waals surface area contributed by atoms with Gasteiger partial charge in [-0.15, -0.1) is 0 Å². The number of benzene rings is 2. The van der Waals surface area contributed by atoms with Crippen LogP contribution in [0.4, 0.5) is 0 Å². The summed E-state index contributed by atoms with van der Waals surface area (Å²) in [6.45, 7) is 8.67. The predicted molar refractivity (Wildman–Crippen MR) is 168 cm³/mol. The second-order valence-corrected chi connectivity index (χ2v) is 12.4. The highest BCUT2D eigenvalue weighted by Gasteiger charge is 2.38. The molecule has 1 saturated heterocycles. The molecule has 0 unspecified atom stereocenters. The first-order chi connectivity index (χ1) is 21.9. The van der Waals surface area contributed by atoms with E-state index in [9.17, 15) is 9.59 Å². The summed E-state index contributed by atoms with van der Waals surface area (Å²) >= 11 is 0. The van der Waals surface area contributed by atoms with Gasteiger partial charge in [-0.05, 0) is 63.8 Å². The number of para-hydroxylation sites is 1. The number of nitrogens with zero attached hydrogens (tertiary/aromatic N) is 5. The molecule has 10 nitrogen and oxygen atoms in total. The summed E-state index contributed by atoms with van der Waals surface area (Å²) in [6, 6.07) is 19.6. The minimum Gasteiger partial charge on any atom is -0.492 e. The topological polar surface area (TPSA) is 105 Å². The third-order valence-corrected chi connectivity index (χ3v) is 9.14. The van der Waals surface area contributed by atoms with Gasteiger partial charge in [-0.2, -0.15) is 0 Å². The van der Waals surface area contributed by atoms with Gasteiger partial charge in [0.1, 0.15) is 11.5 Å². The van der Waals surface area contributed by atoms with Gasteiger partial charge < -0.3 is 23.6 Å². The third kappa shape index (κ3) is 7.28. The van der Waals surface area contributed by atoms with E-state index in [0.717, 1.165) is 54.8 Å². The zero-order valence-corrected chi connectivity index (χ0v) is 26.1. The summed E-state index contributed by atoms with van der Waals surface area (Å²) in [6.07, 6.45) is 5.06. The zero-order chi connectivity index (χ0) is 31.2. The number of piperidine rings is 1. The van der Waals surface area contributed by atoms with Gasteiger partial charge in [0.05, 0.1) is 24.1 Å². The number of rotatable bonds is 5. The minimum atomic E-state index is -0.142. The lowest BCUT2D eigenvalue weighted by molar-refractivity contribution is 0.0325. The molecule has 2 aromatic carbocycles. The van der Waals surface area contributed by atoms with Crippen LogP contribution in [0, 0.1) is 19.3 Å². The number of carbonyl (C=O) groups is 2. The Hall–Kier alpha value is -4.44. The molecular weight excluding hydrogens is 570 g/mol. The van der Waals surface area contributed by atoms with E-state index in [1.54, 1.807) is 6.20 Å². The first-order valence-corrected chi connectivity index (χ1v) is 15.8. The lowest BCUT2D eigenvalue weighted by Gasteiger charge is -2.42. The van der Waals surface area contributed by atoms with E-state index < -0.39 is 0 Å². The van der Waals surface area contributed by atoms with Gasteiger partial charge in [0, 0.05) is 56.3 Å². The lowest BCUT2D eigenvalue weighted by Crippen LogP contribution is -2.46. The molecule has 236 valence electrons. The first kappa shape index (κ1) is 30.6. The Bertz CT molecular complexity index is 1590. The molecule has 4 heterocycles. The SMILES string of the molecule is Cc1cc(CN2CCCC3(CCN(C(=O)c4oncc4C)CC3)COc3ccccc3C(=O)N(Cc3ccccc3)CC2)no1. The number of carbonyl (C=O) groups excluding carboxylic acids is 2. The molecule has 1 fully saturated rings. The fourth-order valence-electron chi connectivity index (χ4n) is 6.45. The third-order valence-electron chi connectivity index (χ3n) is 9.14. The monoisotopic (exact) mass is 611 g/mol. The van der Waals surface area contributed by atoms with Gasteiger partial charge in [-0.25, -0.2) is 0 Å². The molecule has 2 aromatic heterocycles. The lowest BCUT2D eigenvalue weighted by atomic mass is 9.75. The molecule has 2 aliphatic heterocycles. The van der Waals surface area contributed by atoms with Crippen LogP contribution >= 0.6 is 0 Å². The van der Waals surface area contributed by atoms with Crippen LogP contribution in [0.15, 0.2) is 75.9 Å². The molecule has 0 bridgehead atoms. The number of fused-ring (bicyclic) bond motifs is 1. The Labute approximate surface area is 263 Å². The van der Waals surface area contributed by atoms with E-state index in [1.165, 1.54) is 0 Å². The van der Waals surface area contributed by atoms with Gasteiger partial charge in [-0.3, -0.25) is 14.5 Å². The average Bonchev–Trinajstić information content (AvgIpc) is 3.69. The van der Waals surface area contributed by atoms with Crippen LogP contribution in [-0.2, 0) is 13.1 Å². The number of aryl methyl sites for hydroxylation is 2. The highest BCUT2D eigenvalue weighted by Crippen LogP contribution is 2.38. The summed E-state index contributed by atoms with van der Waals surface area (Å²) in [5, 5.41) is 8.05. The van der Waals surface area contributed by atoms with Crippen LogP contribution in [-0.4, -0.2) is 76.2 Å². The molecule has 10 heteroatoms. The van der Waals surface area contributed by atoms with E-state index in [2.05, 4.69) is 27.3 Å². The van der Waals surface area contributed by atoms with Gasteiger partial charge in [0.15, 0.2) is 0 Å². The van der Waals surface area contributed by atoms with Crippen LogP contribution < -0.4 is 4.74 Å². The molecule has 4 aromatic rings. The molecule has 0 atom stereocenters. The predicted octanol–water partition coefficient (Wildman–Crippen LogP) is 5.52. The second-order valence-electron chi connectivity index (χ2n) is 12.4. The smallest absolute Gasteiger partial charge is 0.292 e. The maximum Gasteiger partial charge on any atom is 0.292 e. The summed E-state index contributed by atoms with van der Waals surface area (Å²) < 4.78 is 17.2. The summed E-state index contributed by atoms with van der Waals surface area (Å²) in [4.78, 5) is 33.5. The zero-order valence-electron chi connectivity index (χ0n) is 26.1. The van der Waals surface area contributed by atoms with Gasteiger partial charge in [-0.1, -0.05) is 52.8 Å². The van der Waals surface area contributed by atoms with Gasteiger partial charge in [0.25, 0.3) is 11.8 Å². The van der Waals surface area contributed by atoms with E-state index in [-0.39, 0.29) is 17.2 Å². The Morgan fingerprint density at radius 1 is 0.889 bits per heavy atom. The fraction of sp³-hybridized carbons (Fsp3) is 0.429. The maximum atomic E-state index is 14.2. The van der Waals surface area contributed by atoms with Crippen molar-refractivity contribution in [1.82, 2.24) is 25.0 Å². The number of hydrogen-bond acceptors (Lipinski definition) is 8. The average molecular weight is 612 g/mol. The highest BCUT2D eigenvalue weighted by atomic mass is 16.5. The molecule has 2 amide bonds. The minimum absolute atomic E-state index is 0.0529. The number of aromatic nitrogens is 2. The Balaban J connectivity index is 1.26. The molecule has 0 N–H and O–H groups in total. The Morgan fingerprint density at radius 3 is 2.40 bits per heavy atom. The maximum absolute atomic E-state index is 14.2. The number of likely N-dealkylation sites (tertiary alicyclic amines) is 1. The van der Waals surface area contributed by atoms with Crippen molar-refractivity contribution < 1.29 is 23.4 Å². The molecule has 0 aliphatic carbocycles. The molecule has 1 spiro atoms. The molecular formula is C35H41N5O5. The van der Waals surface area contributed by atoms with Crippen molar-refractivity contribution in [2.24, 2.45) is 5.41 Å². The standard InChI is InChI=1S/C35H41N5O5/c1-26-22-36-45-32(26)34(42)39-17-14-35(15-18-39)13-8-16-38(24-29-21-27(2)44-37-29)19-20-40(23-28-9-4-3-5-10-28)33(41)30-11-6-7-12-31(30)43-25-35/h3-7,9-12,21-22H,8,13-20,23-25H2,1-2H3. The van der Waals surface area contributed by atoms with Crippen molar-refractivity contribution in [2.45, 2.75) is 52.6 Å². The van der Waals surface area contributed by atoms with Crippen molar-refractivity contribution in [3.05, 3.63) is 101 Å². The van der Waals surface area contributed by atoms with E-state index >= 15 is 0 Å². The first-order valence-electron chi connectivity index (χ1n) is 15.8. The van der Waals surface area contributed by atoms with Gasteiger partial charge in [0.2, 0.25) is 5.76 Å². The quantitative estimate of drug-likeness (QED) is 0.291. The van der Waals surface area contributed by atoms with Crippen LogP contribution in [0.3, 0.4) is 0 Å². The van der Waals surface area contributed by atoms with Gasteiger partial charge >= 0.3 is 0 Å². The van der Waals surface area contributed by atoms with Crippen molar-refractivity contribution in [2.75, 3.05) is 39.3 Å². The molecule has 0 saturated carbocycles. The highest BCUT2D eigenvalue weighted by molar-refractivity contribution is 5.97. The Kier molecular flexibility index (Phi) is 9.30. The van der Waals surface area contributed by atoms with Crippen LogP contribution in [0.25, 0.3) is 0 Å². The summed E-state index contributed by atoms with van der Waals surface area (Å²) in [5.74, 6) is 1.52. The second kappa shape index (κ2) is 13.7. The Morgan fingerprint density at radius 2 is 1.67 bits per heavy atom. The van der Waals surface area contributed by atoms with Crippen LogP contribution in [0.5, 0.6) is 5.75 Å². The van der Waals surface area contributed by atoms with E-state index in [0.29, 0.717) is 62.9 Å². The molecule has 2 aliphatic rings.